The maximum Gasteiger partial charge on any atom is 0.463 e. The van der Waals surface area contributed by atoms with Crippen LogP contribution in [0.4, 0.5) is 22.0 Å². The molecular weight excluding hydrogens is 239 g/mol. The highest BCUT2D eigenvalue weighted by molar-refractivity contribution is 5.84. The van der Waals surface area contributed by atoms with Gasteiger partial charge in [0.1, 0.15) is 0 Å². The number of nitrogens with zero attached hydrogens (tertiary/aromatic N) is 1. The first-order valence-electron chi connectivity index (χ1n) is 3.87. The fourth-order valence-electron chi connectivity index (χ4n) is 0.740. The Balaban J connectivity index is 2.59. The van der Waals surface area contributed by atoms with Crippen molar-refractivity contribution in [1.29, 1.82) is 0 Å². The van der Waals surface area contributed by atoms with Crippen LogP contribution >= 0.6 is 0 Å². The summed E-state index contributed by atoms with van der Waals surface area (Å²) in [6.45, 7) is -0.593. The maximum atomic E-state index is 12.4. The number of nitrogens with one attached hydrogen (secondary N) is 1. The van der Waals surface area contributed by atoms with Gasteiger partial charge >= 0.3 is 18.0 Å². The van der Waals surface area contributed by atoms with Crippen molar-refractivity contribution in [2.75, 3.05) is 0 Å². The SMILES string of the molecule is O=C(NCc1ccno1)C(F)(F)C(F)(F)F. The Hall–Kier alpha value is -1.67. The van der Waals surface area contributed by atoms with Crippen molar-refractivity contribution in [2.45, 2.75) is 18.6 Å². The summed E-state index contributed by atoms with van der Waals surface area (Å²) in [5.41, 5.74) is 0. The number of hydrogen-bond acceptors (Lipinski definition) is 3. The average Bonchev–Trinajstić information content (AvgIpc) is 2.64. The molecule has 0 atom stereocenters. The first kappa shape index (κ1) is 12.4. The molecule has 1 heterocycles. The summed E-state index contributed by atoms with van der Waals surface area (Å²) in [6.07, 6.45) is -4.76. The lowest BCUT2D eigenvalue weighted by Gasteiger charge is -2.18. The van der Waals surface area contributed by atoms with Gasteiger partial charge in [0.25, 0.3) is 0 Å². The smallest absolute Gasteiger partial charge is 0.360 e. The standard InChI is InChI=1S/C7H5F5N2O2/c8-6(9,7(10,11)12)5(15)13-3-4-1-2-14-16-4/h1-2H,3H2,(H,13,15). The molecule has 1 N–H and O–H groups in total. The zero-order valence-electron chi connectivity index (χ0n) is 7.52. The van der Waals surface area contributed by atoms with E-state index in [1.54, 1.807) is 0 Å². The molecule has 90 valence electrons. The third kappa shape index (κ3) is 2.47. The molecule has 1 amide bonds. The van der Waals surface area contributed by atoms with Crippen LogP contribution in [-0.4, -0.2) is 23.2 Å². The van der Waals surface area contributed by atoms with Gasteiger partial charge in [0.15, 0.2) is 5.76 Å². The average molecular weight is 244 g/mol. The molecule has 0 radical (unpaired) electrons. The van der Waals surface area contributed by atoms with Crippen molar-refractivity contribution >= 4 is 5.91 Å². The molecule has 4 nitrogen and oxygen atoms in total. The summed E-state index contributed by atoms with van der Waals surface area (Å²) in [6, 6.07) is 1.21. The van der Waals surface area contributed by atoms with E-state index in [4.69, 9.17) is 0 Å². The third-order valence-corrected chi connectivity index (χ3v) is 1.56. The molecule has 0 bridgehead atoms. The van der Waals surface area contributed by atoms with Crippen LogP contribution in [0.1, 0.15) is 5.76 Å². The molecule has 0 aliphatic carbocycles. The van der Waals surface area contributed by atoms with Gasteiger partial charge in [-0.2, -0.15) is 22.0 Å². The number of carbonyl (C=O) groups excluding carboxylic acids is 1. The summed E-state index contributed by atoms with van der Waals surface area (Å²) in [5.74, 6) is -7.89. The van der Waals surface area contributed by atoms with Crippen molar-refractivity contribution < 1.29 is 31.3 Å². The molecule has 1 aromatic heterocycles. The summed E-state index contributed by atoms with van der Waals surface area (Å²) in [4.78, 5) is 10.6. The molecule has 16 heavy (non-hydrogen) atoms. The number of carbonyl (C=O) groups is 1. The number of hydrogen-bond donors (Lipinski definition) is 1. The first-order valence-corrected chi connectivity index (χ1v) is 3.87. The Kier molecular flexibility index (Phi) is 3.15. The lowest BCUT2D eigenvalue weighted by atomic mass is 10.3. The van der Waals surface area contributed by atoms with Crippen LogP contribution in [0.3, 0.4) is 0 Å². The Morgan fingerprint density at radius 3 is 2.44 bits per heavy atom. The van der Waals surface area contributed by atoms with Gasteiger partial charge in [-0.3, -0.25) is 4.79 Å². The highest BCUT2D eigenvalue weighted by Crippen LogP contribution is 2.35. The number of alkyl halides is 5. The van der Waals surface area contributed by atoms with E-state index in [1.807, 2.05) is 0 Å². The molecule has 0 saturated carbocycles. The summed E-state index contributed by atoms with van der Waals surface area (Å²) >= 11 is 0. The second kappa shape index (κ2) is 4.06. The Labute approximate surface area is 85.4 Å². The van der Waals surface area contributed by atoms with E-state index in [-0.39, 0.29) is 5.76 Å². The summed E-state index contributed by atoms with van der Waals surface area (Å²) < 4.78 is 64.2. The minimum absolute atomic E-state index is 0.0358. The fraction of sp³-hybridized carbons (Fsp3) is 0.429. The molecule has 9 heteroatoms. The topological polar surface area (TPSA) is 55.1 Å². The van der Waals surface area contributed by atoms with Gasteiger partial charge in [0.2, 0.25) is 0 Å². The lowest BCUT2D eigenvalue weighted by molar-refractivity contribution is -0.269. The Morgan fingerprint density at radius 2 is 2.00 bits per heavy atom. The van der Waals surface area contributed by atoms with Gasteiger partial charge in [-0.05, 0) is 0 Å². The maximum absolute atomic E-state index is 12.4. The van der Waals surface area contributed by atoms with Crippen molar-refractivity contribution in [3.05, 3.63) is 18.0 Å². The minimum Gasteiger partial charge on any atom is -0.360 e. The predicted molar refractivity (Wildman–Crippen MR) is 39.4 cm³/mol. The quantitative estimate of drug-likeness (QED) is 0.819. The predicted octanol–water partition coefficient (Wildman–Crippen LogP) is 1.49. The van der Waals surface area contributed by atoms with E-state index in [0.717, 1.165) is 6.20 Å². The fourth-order valence-corrected chi connectivity index (χ4v) is 0.740. The second-order valence-corrected chi connectivity index (χ2v) is 2.73. The molecule has 1 aromatic rings. The van der Waals surface area contributed by atoms with Gasteiger partial charge in [0, 0.05) is 6.07 Å². The van der Waals surface area contributed by atoms with Crippen LogP contribution in [0, 0.1) is 0 Å². The Bertz CT molecular complexity index is 359. The van der Waals surface area contributed by atoms with Crippen LogP contribution in [-0.2, 0) is 11.3 Å². The molecule has 0 fully saturated rings. The lowest BCUT2D eigenvalue weighted by Crippen LogP contribution is -2.50. The van der Waals surface area contributed by atoms with Crippen LogP contribution in [0.5, 0.6) is 0 Å². The van der Waals surface area contributed by atoms with Gasteiger partial charge in [-0.25, -0.2) is 0 Å². The number of amides is 1. The molecule has 1 rings (SSSR count). The minimum atomic E-state index is -5.92. The van der Waals surface area contributed by atoms with E-state index < -0.39 is 24.6 Å². The molecular formula is C7H5F5N2O2. The van der Waals surface area contributed by atoms with Crippen molar-refractivity contribution in [3.63, 3.8) is 0 Å². The number of halogens is 5. The zero-order valence-corrected chi connectivity index (χ0v) is 7.52. The van der Waals surface area contributed by atoms with E-state index >= 15 is 0 Å². The number of rotatable bonds is 3. The summed E-state index contributed by atoms with van der Waals surface area (Å²) in [7, 11) is 0. The van der Waals surface area contributed by atoms with E-state index in [9.17, 15) is 26.7 Å². The summed E-state index contributed by atoms with van der Waals surface area (Å²) in [5, 5.41) is 4.56. The van der Waals surface area contributed by atoms with E-state index in [0.29, 0.717) is 0 Å². The monoisotopic (exact) mass is 244 g/mol. The second-order valence-electron chi connectivity index (χ2n) is 2.73. The zero-order chi connectivity index (χ0) is 12.4. The highest BCUT2D eigenvalue weighted by atomic mass is 19.4. The van der Waals surface area contributed by atoms with Crippen molar-refractivity contribution in [1.82, 2.24) is 10.5 Å². The van der Waals surface area contributed by atoms with Crippen molar-refractivity contribution in [2.24, 2.45) is 0 Å². The van der Waals surface area contributed by atoms with E-state index in [2.05, 4.69) is 9.68 Å². The molecule has 0 aliphatic rings. The molecule has 0 aromatic carbocycles. The van der Waals surface area contributed by atoms with Crippen molar-refractivity contribution in [3.8, 4) is 0 Å². The molecule has 0 aliphatic heterocycles. The van der Waals surface area contributed by atoms with Crippen LogP contribution in [0.25, 0.3) is 0 Å². The molecule has 0 unspecified atom stereocenters. The third-order valence-electron chi connectivity index (χ3n) is 1.56. The van der Waals surface area contributed by atoms with Crippen LogP contribution in [0.2, 0.25) is 0 Å². The highest BCUT2D eigenvalue weighted by Gasteiger charge is 2.63. The molecule has 0 saturated heterocycles. The van der Waals surface area contributed by atoms with Gasteiger partial charge in [-0.15, -0.1) is 0 Å². The number of aromatic nitrogens is 1. The largest absolute Gasteiger partial charge is 0.463 e. The van der Waals surface area contributed by atoms with Crippen LogP contribution in [0.15, 0.2) is 16.8 Å². The van der Waals surface area contributed by atoms with Gasteiger partial charge < -0.3 is 9.84 Å². The van der Waals surface area contributed by atoms with E-state index in [1.165, 1.54) is 11.4 Å². The van der Waals surface area contributed by atoms with Gasteiger partial charge in [-0.1, -0.05) is 5.16 Å². The normalized spacial score (nSPS) is 12.6. The van der Waals surface area contributed by atoms with Gasteiger partial charge in [0.05, 0.1) is 12.7 Å². The molecule has 0 spiro atoms. The van der Waals surface area contributed by atoms with Crippen LogP contribution < -0.4 is 5.32 Å². The Morgan fingerprint density at radius 1 is 1.38 bits per heavy atom. The first-order chi connectivity index (χ1) is 7.25.